The van der Waals surface area contributed by atoms with Crippen LogP contribution in [0.1, 0.15) is 29.7 Å². The van der Waals surface area contributed by atoms with Gasteiger partial charge in [0.1, 0.15) is 11.6 Å². The smallest absolute Gasteiger partial charge is 0.127 e. The average Bonchev–Trinajstić information content (AvgIpc) is 2.48. The summed E-state index contributed by atoms with van der Waals surface area (Å²) in [6.07, 6.45) is 0. The molecule has 0 heterocycles. The zero-order chi connectivity index (χ0) is 14.5. The van der Waals surface area contributed by atoms with E-state index in [-0.39, 0.29) is 18.2 Å². The van der Waals surface area contributed by atoms with Crippen LogP contribution in [0.25, 0.3) is 0 Å². The molecule has 20 heavy (non-hydrogen) atoms. The van der Waals surface area contributed by atoms with Crippen molar-refractivity contribution in [2.75, 3.05) is 0 Å². The van der Waals surface area contributed by atoms with E-state index in [0.29, 0.717) is 5.56 Å². The number of nitrogens with zero attached hydrogens (tertiary/aromatic N) is 1. The Labute approximate surface area is 116 Å². The maximum absolute atomic E-state index is 13.5. The molecule has 0 spiro atoms. The van der Waals surface area contributed by atoms with E-state index >= 15 is 0 Å². The minimum Gasteiger partial charge on any atom is -0.306 e. The minimum absolute atomic E-state index is 0.0639. The Kier molecular flexibility index (Phi) is 4.44. The lowest BCUT2D eigenvalue weighted by molar-refractivity contribution is 0.535. The molecule has 0 fully saturated rings. The van der Waals surface area contributed by atoms with Gasteiger partial charge in [0.2, 0.25) is 0 Å². The van der Waals surface area contributed by atoms with E-state index < -0.39 is 11.6 Å². The molecule has 0 aromatic heterocycles. The number of benzene rings is 2. The Balaban J connectivity index is 2.06. The second-order valence-corrected chi connectivity index (χ2v) is 4.58. The summed E-state index contributed by atoms with van der Waals surface area (Å²) < 4.78 is 26.6. The lowest BCUT2D eigenvalue weighted by Gasteiger charge is -2.15. The van der Waals surface area contributed by atoms with Crippen LogP contribution in [0.2, 0.25) is 0 Å². The molecule has 2 aromatic carbocycles. The number of nitrogens with one attached hydrogen (secondary N) is 1. The van der Waals surface area contributed by atoms with Crippen molar-refractivity contribution in [2.24, 2.45) is 0 Å². The maximum atomic E-state index is 13.5. The fourth-order valence-corrected chi connectivity index (χ4v) is 1.94. The van der Waals surface area contributed by atoms with Gasteiger partial charge in [-0.3, -0.25) is 0 Å². The van der Waals surface area contributed by atoms with Crippen LogP contribution >= 0.6 is 0 Å². The first-order valence-corrected chi connectivity index (χ1v) is 6.27. The largest absolute Gasteiger partial charge is 0.306 e. The molecule has 0 amide bonds. The predicted molar refractivity (Wildman–Crippen MR) is 72.8 cm³/mol. The van der Waals surface area contributed by atoms with Gasteiger partial charge < -0.3 is 5.32 Å². The molecule has 2 nitrogen and oxygen atoms in total. The monoisotopic (exact) mass is 272 g/mol. The SMILES string of the molecule is CC(NCc1cc(F)ccc1F)c1cccc(C#N)c1. The molecule has 4 heteroatoms. The molecule has 0 aliphatic carbocycles. The molecule has 0 radical (unpaired) electrons. The Bertz CT molecular complexity index is 647. The summed E-state index contributed by atoms with van der Waals surface area (Å²) in [5.41, 5.74) is 1.79. The van der Waals surface area contributed by atoms with Crippen LogP contribution in [0.15, 0.2) is 42.5 Å². The van der Waals surface area contributed by atoms with E-state index in [4.69, 9.17) is 5.26 Å². The molecule has 1 N–H and O–H groups in total. The zero-order valence-corrected chi connectivity index (χ0v) is 11.0. The minimum atomic E-state index is -0.456. The third kappa shape index (κ3) is 3.40. The van der Waals surface area contributed by atoms with Gasteiger partial charge in [-0.1, -0.05) is 12.1 Å². The number of nitriles is 1. The molecule has 0 aliphatic rings. The molecular formula is C16H14F2N2. The van der Waals surface area contributed by atoms with Crippen LogP contribution in [0.4, 0.5) is 8.78 Å². The highest BCUT2D eigenvalue weighted by atomic mass is 19.1. The zero-order valence-electron chi connectivity index (χ0n) is 11.0. The first-order valence-electron chi connectivity index (χ1n) is 6.27. The van der Waals surface area contributed by atoms with Crippen molar-refractivity contribution in [3.63, 3.8) is 0 Å². The first kappa shape index (κ1) is 14.2. The van der Waals surface area contributed by atoms with Gasteiger partial charge in [0, 0.05) is 18.2 Å². The fourth-order valence-electron chi connectivity index (χ4n) is 1.94. The number of hydrogen-bond donors (Lipinski definition) is 1. The predicted octanol–water partition coefficient (Wildman–Crippen LogP) is 3.69. The summed E-state index contributed by atoms with van der Waals surface area (Å²) in [4.78, 5) is 0. The quantitative estimate of drug-likeness (QED) is 0.921. The van der Waals surface area contributed by atoms with Crippen molar-refractivity contribution in [1.82, 2.24) is 5.32 Å². The van der Waals surface area contributed by atoms with Crippen molar-refractivity contribution < 1.29 is 8.78 Å². The second kappa shape index (κ2) is 6.27. The topological polar surface area (TPSA) is 35.8 Å². The Hall–Kier alpha value is -2.25. The Morgan fingerprint density at radius 1 is 1.20 bits per heavy atom. The molecule has 0 saturated carbocycles. The van der Waals surface area contributed by atoms with Crippen molar-refractivity contribution in [3.05, 3.63) is 70.8 Å². The van der Waals surface area contributed by atoms with Crippen LogP contribution in [0.5, 0.6) is 0 Å². The van der Waals surface area contributed by atoms with E-state index in [0.717, 1.165) is 17.7 Å². The third-order valence-electron chi connectivity index (χ3n) is 3.12. The third-order valence-corrected chi connectivity index (χ3v) is 3.12. The lowest BCUT2D eigenvalue weighted by Crippen LogP contribution is -2.19. The second-order valence-electron chi connectivity index (χ2n) is 4.58. The molecule has 2 rings (SSSR count). The number of rotatable bonds is 4. The average molecular weight is 272 g/mol. The highest BCUT2D eigenvalue weighted by Crippen LogP contribution is 2.16. The summed E-state index contributed by atoms with van der Waals surface area (Å²) >= 11 is 0. The van der Waals surface area contributed by atoms with Crippen molar-refractivity contribution in [3.8, 4) is 6.07 Å². The van der Waals surface area contributed by atoms with Crippen LogP contribution in [-0.4, -0.2) is 0 Å². The van der Waals surface area contributed by atoms with Gasteiger partial charge in [-0.2, -0.15) is 5.26 Å². The van der Waals surface area contributed by atoms with Gasteiger partial charge in [-0.25, -0.2) is 8.78 Å². The Morgan fingerprint density at radius 3 is 2.75 bits per heavy atom. The molecule has 0 saturated heterocycles. The van der Waals surface area contributed by atoms with Gasteiger partial charge in [0.15, 0.2) is 0 Å². The van der Waals surface area contributed by atoms with Gasteiger partial charge in [0.05, 0.1) is 11.6 Å². The van der Waals surface area contributed by atoms with Gasteiger partial charge in [-0.15, -0.1) is 0 Å². The van der Waals surface area contributed by atoms with Crippen molar-refractivity contribution in [1.29, 1.82) is 5.26 Å². The van der Waals surface area contributed by atoms with Crippen molar-refractivity contribution in [2.45, 2.75) is 19.5 Å². The molecule has 2 aromatic rings. The molecule has 1 unspecified atom stereocenters. The highest BCUT2D eigenvalue weighted by Gasteiger charge is 2.08. The summed E-state index contributed by atoms with van der Waals surface area (Å²) in [7, 11) is 0. The van der Waals surface area contributed by atoms with Crippen LogP contribution in [0, 0.1) is 23.0 Å². The molecular weight excluding hydrogens is 258 g/mol. The van der Waals surface area contributed by atoms with E-state index in [1.807, 2.05) is 13.0 Å². The van der Waals surface area contributed by atoms with Crippen LogP contribution < -0.4 is 5.32 Å². The van der Waals surface area contributed by atoms with E-state index in [1.54, 1.807) is 18.2 Å². The molecule has 1 atom stereocenters. The van der Waals surface area contributed by atoms with Gasteiger partial charge in [0.25, 0.3) is 0 Å². The summed E-state index contributed by atoms with van der Waals surface area (Å²) in [5.74, 6) is -0.890. The van der Waals surface area contributed by atoms with Crippen LogP contribution in [-0.2, 0) is 6.54 Å². The number of hydrogen-bond acceptors (Lipinski definition) is 2. The molecule has 0 bridgehead atoms. The normalized spacial score (nSPS) is 11.9. The Morgan fingerprint density at radius 2 is 2.00 bits per heavy atom. The van der Waals surface area contributed by atoms with Gasteiger partial charge >= 0.3 is 0 Å². The van der Waals surface area contributed by atoms with Crippen molar-refractivity contribution >= 4 is 0 Å². The van der Waals surface area contributed by atoms with E-state index in [2.05, 4.69) is 11.4 Å². The standard InChI is InChI=1S/C16H14F2N2/c1-11(13-4-2-3-12(7-13)9-19)20-10-14-8-15(17)5-6-16(14)18/h2-8,11,20H,10H2,1H3. The lowest BCUT2D eigenvalue weighted by atomic mass is 10.1. The fraction of sp³-hybridized carbons (Fsp3) is 0.188. The number of halogens is 2. The maximum Gasteiger partial charge on any atom is 0.127 e. The highest BCUT2D eigenvalue weighted by molar-refractivity contribution is 5.34. The molecule has 0 aliphatic heterocycles. The first-order chi connectivity index (χ1) is 9.60. The summed E-state index contributed by atoms with van der Waals surface area (Å²) in [6.45, 7) is 2.13. The van der Waals surface area contributed by atoms with E-state index in [9.17, 15) is 8.78 Å². The molecule has 102 valence electrons. The summed E-state index contributed by atoms with van der Waals surface area (Å²) in [5, 5.41) is 12.0. The summed E-state index contributed by atoms with van der Waals surface area (Å²) in [6, 6.07) is 12.6. The van der Waals surface area contributed by atoms with Gasteiger partial charge in [-0.05, 0) is 42.8 Å². The van der Waals surface area contributed by atoms with E-state index in [1.165, 1.54) is 6.07 Å². The van der Waals surface area contributed by atoms with Crippen LogP contribution in [0.3, 0.4) is 0 Å².